The number of hydrogen-bond acceptors (Lipinski definition) is 1. The lowest BCUT2D eigenvalue weighted by Gasteiger charge is -1.89. The highest BCUT2D eigenvalue weighted by Gasteiger charge is 2.16. The minimum atomic E-state index is 0.0515. The van der Waals surface area contributed by atoms with Crippen molar-refractivity contribution in [3.05, 3.63) is 48.6 Å². The van der Waals surface area contributed by atoms with Crippen molar-refractivity contribution in [1.29, 1.82) is 0 Å². The fourth-order valence-electron chi connectivity index (χ4n) is 1.17. The summed E-state index contributed by atoms with van der Waals surface area (Å²) in [5.41, 5.74) is 1.93. The van der Waals surface area contributed by atoms with Gasteiger partial charge in [-0.3, -0.25) is 4.79 Å². The van der Waals surface area contributed by atoms with Crippen molar-refractivity contribution in [2.45, 2.75) is 34.2 Å². The van der Waals surface area contributed by atoms with Gasteiger partial charge >= 0.3 is 0 Å². The summed E-state index contributed by atoms with van der Waals surface area (Å²) >= 11 is 0. The zero-order valence-corrected chi connectivity index (χ0v) is 10.8. The molecule has 0 fully saturated rings. The summed E-state index contributed by atoms with van der Waals surface area (Å²) in [4.78, 5) is 11.0. The minimum absolute atomic E-state index is 0.0515. The second-order valence-corrected chi connectivity index (χ2v) is 2.34. The van der Waals surface area contributed by atoms with Crippen LogP contribution in [0, 0.1) is 0 Å². The van der Waals surface area contributed by atoms with Crippen molar-refractivity contribution in [2.24, 2.45) is 0 Å². The first kappa shape index (κ1) is 16.8. The first-order valence-corrected chi connectivity index (χ1v) is 5.74. The number of nitrogens with one attached hydrogen (secondary N) is 1. The monoisotopic (exact) mass is 221 g/mol. The third-order valence-corrected chi connectivity index (χ3v) is 1.70. The number of carbonyl (C=O) groups is 1. The van der Waals surface area contributed by atoms with Crippen LogP contribution >= 0.6 is 0 Å². The normalized spacial score (nSPS) is 10.1. The van der Waals surface area contributed by atoms with Crippen molar-refractivity contribution < 1.29 is 4.79 Å². The van der Waals surface area contributed by atoms with Gasteiger partial charge < -0.3 is 5.32 Å². The van der Waals surface area contributed by atoms with Crippen LogP contribution in [-0.4, -0.2) is 5.91 Å². The zero-order chi connectivity index (χ0) is 13.0. The summed E-state index contributed by atoms with van der Waals surface area (Å²) in [7, 11) is 0. The second-order valence-electron chi connectivity index (χ2n) is 2.34. The molecule has 16 heavy (non-hydrogen) atoms. The molecule has 0 unspecified atom stereocenters. The Morgan fingerprint density at radius 2 is 1.56 bits per heavy atom. The van der Waals surface area contributed by atoms with Gasteiger partial charge in [-0.05, 0) is 11.6 Å². The average Bonchev–Trinajstić information content (AvgIpc) is 2.79. The van der Waals surface area contributed by atoms with Crippen LogP contribution in [0.25, 0.3) is 0 Å². The first-order valence-electron chi connectivity index (χ1n) is 5.74. The summed E-state index contributed by atoms with van der Waals surface area (Å²) in [6.45, 7) is 14.7. The quantitative estimate of drug-likeness (QED) is 0.664. The van der Waals surface area contributed by atoms with Crippen molar-refractivity contribution in [2.75, 3.05) is 0 Å². The van der Waals surface area contributed by atoms with Crippen LogP contribution in [0.2, 0.25) is 0 Å². The Bertz CT molecular complexity index is 295. The van der Waals surface area contributed by atoms with Gasteiger partial charge in [0.05, 0.1) is 0 Å². The van der Waals surface area contributed by atoms with Gasteiger partial charge in [-0.25, -0.2) is 0 Å². The standard InChI is InChI=1S/C8H7NO.2C2H6.C2H4/c10-8-7-4-2-1-3-6(7)5-9-8;3*1-2/h1-4H,5H2,(H,9,10);2*1-2H3;1-2H2. The second kappa shape index (κ2) is 11.5. The molecule has 1 heterocycles. The third kappa shape index (κ3) is 4.78. The summed E-state index contributed by atoms with van der Waals surface area (Å²) in [5, 5.41) is 2.75. The van der Waals surface area contributed by atoms with E-state index in [1.165, 1.54) is 0 Å². The summed E-state index contributed by atoms with van der Waals surface area (Å²) in [5.74, 6) is 0.0515. The van der Waals surface area contributed by atoms with E-state index in [1.54, 1.807) is 0 Å². The Labute approximate surface area is 99.4 Å². The predicted molar refractivity (Wildman–Crippen MR) is 71.6 cm³/mol. The molecule has 1 aromatic carbocycles. The van der Waals surface area contributed by atoms with Crippen LogP contribution in [0.5, 0.6) is 0 Å². The highest BCUT2D eigenvalue weighted by atomic mass is 16.1. The SMILES string of the molecule is C=C.CC.CC.O=C1NCc2ccccc21. The maximum absolute atomic E-state index is 11.0. The van der Waals surface area contributed by atoms with E-state index in [0.29, 0.717) is 6.54 Å². The van der Waals surface area contributed by atoms with Gasteiger partial charge in [0.1, 0.15) is 0 Å². The summed E-state index contributed by atoms with van der Waals surface area (Å²) < 4.78 is 0. The van der Waals surface area contributed by atoms with Gasteiger partial charge in [0.2, 0.25) is 0 Å². The van der Waals surface area contributed by atoms with E-state index in [-0.39, 0.29) is 5.91 Å². The van der Waals surface area contributed by atoms with Crippen LogP contribution in [0.4, 0.5) is 0 Å². The Morgan fingerprint density at radius 3 is 2.06 bits per heavy atom. The maximum atomic E-state index is 11.0. The largest absolute Gasteiger partial charge is 0.348 e. The molecule has 1 aromatic rings. The van der Waals surface area contributed by atoms with Crippen LogP contribution in [0.3, 0.4) is 0 Å². The molecular weight excluding hydrogens is 198 g/mol. The lowest BCUT2D eigenvalue weighted by Crippen LogP contribution is -2.12. The fourth-order valence-corrected chi connectivity index (χ4v) is 1.17. The molecule has 1 amide bonds. The molecule has 0 aliphatic carbocycles. The first-order chi connectivity index (χ1) is 7.88. The Morgan fingerprint density at radius 1 is 1.06 bits per heavy atom. The fraction of sp³-hybridized carbons (Fsp3) is 0.357. The van der Waals surface area contributed by atoms with Crippen LogP contribution in [0.1, 0.15) is 43.6 Å². The number of benzene rings is 1. The lowest BCUT2D eigenvalue weighted by atomic mass is 10.1. The highest BCUT2D eigenvalue weighted by Crippen LogP contribution is 2.13. The molecule has 0 radical (unpaired) electrons. The van der Waals surface area contributed by atoms with E-state index >= 15 is 0 Å². The number of rotatable bonds is 0. The van der Waals surface area contributed by atoms with Crippen molar-refractivity contribution in [3.8, 4) is 0 Å². The Balaban J connectivity index is 0. The average molecular weight is 221 g/mol. The van der Waals surface area contributed by atoms with Crippen LogP contribution < -0.4 is 5.32 Å². The Hall–Kier alpha value is -1.57. The summed E-state index contributed by atoms with van der Waals surface area (Å²) in [6, 6.07) is 7.63. The number of fused-ring (bicyclic) bond motifs is 1. The van der Waals surface area contributed by atoms with Gasteiger partial charge in [0.25, 0.3) is 5.91 Å². The lowest BCUT2D eigenvalue weighted by molar-refractivity contribution is 0.0966. The van der Waals surface area contributed by atoms with E-state index in [9.17, 15) is 4.79 Å². The van der Waals surface area contributed by atoms with Gasteiger partial charge in [0, 0.05) is 12.1 Å². The third-order valence-electron chi connectivity index (χ3n) is 1.70. The zero-order valence-electron chi connectivity index (χ0n) is 10.8. The predicted octanol–water partition coefficient (Wildman–Crippen LogP) is 3.78. The minimum Gasteiger partial charge on any atom is -0.348 e. The van der Waals surface area contributed by atoms with Gasteiger partial charge in [0.15, 0.2) is 0 Å². The van der Waals surface area contributed by atoms with Crippen molar-refractivity contribution in [1.82, 2.24) is 5.32 Å². The molecule has 90 valence electrons. The van der Waals surface area contributed by atoms with Gasteiger partial charge in [-0.1, -0.05) is 45.9 Å². The van der Waals surface area contributed by atoms with Gasteiger partial charge in [-0.15, -0.1) is 13.2 Å². The van der Waals surface area contributed by atoms with Crippen molar-refractivity contribution in [3.63, 3.8) is 0 Å². The van der Waals surface area contributed by atoms with E-state index in [0.717, 1.165) is 11.1 Å². The molecule has 1 aliphatic heterocycles. The molecule has 1 aliphatic rings. The van der Waals surface area contributed by atoms with E-state index in [1.807, 2.05) is 52.0 Å². The molecule has 0 aromatic heterocycles. The van der Waals surface area contributed by atoms with E-state index in [4.69, 9.17) is 0 Å². The molecule has 0 saturated heterocycles. The molecule has 2 heteroatoms. The smallest absolute Gasteiger partial charge is 0.251 e. The number of carbonyl (C=O) groups excluding carboxylic acids is 1. The van der Waals surface area contributed by atoms with Crippen LogP contribution in [0.15, 0.2) is 37.4 Å². The topological polar surface area (TPSA) is 29.1 Å². The molecule has 1 N–H and O–H groups in total. The molecule has 2 nitrogen and oxygen atoms in total. The van der Waals surface area contributed by atoms with E-state index in [2.05, 4.69) is 18.5 Å². The highest BCUT2D eigenvalue weighted by molar-refractivity contribution is 5.98. The molecule has 0 atom stereocenters. The Kier molecular flexibility index (Phi) is 12.1. The van der Waals surface area contributed by atoms with Crippen LogP contribution in [-0.2, 0) is 6.54 Å². The molecule has 0 bridgehead atoms. The molecule has 2 rings (SSSR count). The molecule has 0 spiro atoms. The van der Waals surface area contributed by atoms with E-state index < -0.39 is 0 Å². The molecule has 0 saturated carbocycles. The number of hydrogen-bond donors (Lipinski definition) is 1. The van der Waals surface area contributed by atoms with Gasteiger partial charge in [-0.2, -0.15) is 0 Å². The number of amides is 1. The molecular formula is C14H23NO. The van der Waals surface area contributed by atoms with Crippen molar-refractivity contribution >= 4 is 5.91 Å². The summed E-state index contributed by atoms with van der Waals surface area (Å²) in [6.07, 6.45) is 0. The maximum Gasteiger partial charge on any atom is 0.251 e.